The normalized spacial score (nSPS) is 15.6. The van der Waals surface area contributed by atoms with Crippen LogP contribution in [0.25, 0.3) is 5.76 Å². The van der Waals surface area contributed by atoms with Crippen molar-refractivity contribution in [3.63, 3.8) is 0 Å². The minimum Gasteiger partial charge on any atom is -0.507 e. The van der Waals surface area contributed by atoms with Gasteiger partial charge in [0, 0.05) is 21.4 Å². The van der Waals surface area contributed by atoms with E-state index in [0.29, 0.717) is 61.7 Å². The molecule has 0 radical (unpaired) electrons. The molecule has 244 valence electrons. The fraction of sp³-hybridized carbons (Fsp3) is 0.235. The van der Waals surface area contributed by atoms with Crippen LogP contribution in [0.3, 0.4) is 0 Å². The zero-order chi connectivity index (χ0) is 33.5. The number of halogens is 2. The Kier molecular flexibility index (Phi) is 11.5. The zero-order valence-corrected chi connectivity index (χ0v) is 28.7. The first kappa shape index (κ1) is 34.3. The van der Waals surface area contributed by atoms with Gasteiger partial charge >= 0.3 is 5.91 Å². The number of thioether (sulfide) groups is 1. The molecule has 2 heterocycles. The van der Waals surface area contributed by atoms with Crippen molar-refractivity contribution in [3.8, 4) is 17.2 Å². The molecule has 0 bridgehead atoms. The molecule has 1 amide bonds. The number of aliphatic hydroxyl groups is 1. The molecule has 1 aromatic heterocycles. The van der Waals surface area contributed by atoms with E-state index in [9.17, 15) is 14.7 Å². The maximum atomic E-state index is 13.7. The molecule has 1 saturated heterocycles. The van der Waals surface area contributed by atoms with E-state index in [-0.39, 0.29) is 23.1 Å². The molecule has 1 atom stereocenters. The van der Waals surface area contributed by atoms with E-state index < -0.39 is 17.7 Å². The zero-order valence-electron chi connectivity index (χ0n) is 25.6. The van der Waals surface area contributed by atoms with E-state index in [1.807, 2.05) is 19.9 Å². The first-order valence-electron chi connectivity index (χ1n) is 14.7. The molecule has 0 spiro atoms. The summed E-state index contributed by atoms with van der Waals surface area (Å²) in [5.41, 5.74) is 1.60. The summed E-state index contributed by atoms with van der Waals surface area (Å²) < 4.78 is 17.9. The molecule has 1 N–H and O–H groups in total. The van der Waals surface area contributed by atoms with Crippen LogP contribution in [0.5, 0.6) is 17.2 Å². The van der Waals surface area contributed by atoms with E-state index in [1.54, 1.807) is 60.7 Å². The van der Waals surface area contributed by atoms with Crippen LogP contribution in [-0.2, 0) is 15.3 Å². The largest absolute Gasteiger partial charge is 0.507 e. The van der Waals surface area contributed by atoms with Gasteiger partial charge in [0.2, 0.25) is 5.13 Å². The smallest absolute Gasteiger partial charge is 0.301 e. The number of carbonyl (C=O) groups is 2. The summed E-state index contributed by atoms with van der Waals surface area (Å²) >= 11 is 14.9. The second-order valence-electron chi connectivity index (χ2n) is 10.2. The Morgan fingerprint density at radius 1 is 1.02 bits per heavy atom. The number of ether oxygens (including phenoxy) is 3. The van der Waals surface area contributed by atoms with Gasteiger partial charge in [-0.05, 0) is 73.0 Å². The second kappa shape index (κ2) is 15.7. The van der Waals surface area contributed by atoms with Crippen LogP contribution in [-0.4, -0.2) is 46.8 Å². The van der Waals surface area contributed by atoms with Crippen LogP contribution in [0.1, 0.15) is 43.0 Å². The fourth-order valence-electron chi connectivity index (χ4n) is 4.80. The van der Waals surface area contributed by atoms with Crippen LogP contribution in [0.15, 0.2) is 83.2 Å². The molecule has 1 aliphatic rings. The SMILES string of the molecule is C=CCOc1ccc(C2C(=C(O)c3ccc(OCCC)cc3)C(=O)C(=O)N2c2nnc(SCc3ccc(Cl)cc3Cl)s2)cc1OCC. The van der Waals surface area contributed by atoms with Crippen LogP contribution in [0.4, 0.5) is 5.13 Å². The predicted molar refractivity (Wildman–Crippen MR) is 186 cm³/mol. The monoisotopic (exact) mass is 711 g/mol. The van der Waals surface area contributed by atoms with E-state index >= 15 is 0 Å². The first-order valence-corrected chi connectivity index (χ1v) is 17.3. The predicted octanol–water partition coefficient (Wildman–Crippen LogP) is 8.52. The highest BCUT2D eigenvalue weighted by molar-refractivity contribution is 8.00. The summed E-state index contributed by atoms with van der Waals surface area (Å²) in [7, 11) is 0. The summed E-state index contributed by atoms with van der Waals surface area (Å²) in [5.74, 6) is -0.0722. The third-order valence-corrected chi connectivity index (χ3v) is 9.64. The molecule has 5 rings (SSSR count). The van der Waals surface area contributed by atoms with E-state index in [2.05, 4.69) is 16.8 Å². The van der Waals surface area contributed by atoms with Gasteiger partial charge in [0.05, 0.1) is 24.8 Å². The molecule has 0 saturated carbocycles. The number of benzene rings is 3. The minimum absolute atomic E-state index is 0.100. The highest BCUT2D eigenvalue weighted by Gasteiger charge is 2.48. The van der Waals surface area contributed by atoms with E-state index in [4.69, 9.17) is 37.4 Å². The number of ketones is 1. The van der Waals surface area contributed by atoms with Crippen molar-refractivity contribution in [2.75, 3.05) is 24.7 Å². The second-order valence-corrected chi connectivity index (χ2v) is 13.2. The number of amides is 1. The highest BCUT2D eigenvalue weighted by Crippen LogP contribution is 2.46. The van der Waals surface area contributed by atoms with Crippen LogP contribution in [0.2, 0.25) is 10.0 Å². The molecule has 1 unspecified atom stereocenters. The summed E-state index contributed by atoms with van der Waals surface area (Å²) in [6, 6.07) is 16.0. The Morgan fingerprint density at radius 2 is 1.81 bits per heavy atom. The quantitative estimate of drug-likeness (QED) is 0.0344. The molecular formula is C34H31Cl2N3O6S2. The summed E-state index contributed by atoms with van der Waals surface area (Å²) in [5, 5.41) is 21.4. The Hall–Kier alpha value is -4.03. The molecule has 3 aromatic carbocycles. The van der Waals surface area contributed by atoms with Crippen molar-refractivity contribution in [3.05, 3.63) is 106 Å². The van der Waals surface area contributed by atoms with Crippen LogP contribution in [0, 0.1) is 0 Å². The van der Waals surface area contributed by atoms with Crippen LogP contribution < -0.4 is 19.1 Å². The van der Waals surface area contributed by atoms with Gasteiger partial charge in [0.15, 0.2) is 15.8 Å². The van der Waals surface area contributed by atoms with Gasteiger partial charge in [0.25, 0.3) is 5.78 Å². The summed E-state index contributed by atoms with van der Waals surface area (Å²) in [6.45, 7) is 8.67. The van der Waals surface area contributed by atoms with Gasteiger partial charge in [-0.25, -0.2) is 0 Å². The Labute approximate surface area is 290 Å². The molecule has 0 aliphatic carbocycles. The van der Waals surface area contributed by atoms with Gasteiger partial charge < -0.3 is 19.3 Å². The van der Waals surface area contributed by atoms with E-state index in [0.717, 1.165) is 23.3 Å². The van der Waals surface area contributed by atoms with Gasteiger partial charge in [-0.15, -0.1) is 10.2 Å². The lowest BCUT2D eigenvalue weighted by molar-refractivity contribution is -0.132. The number of anilines is 1. The van der Waals surface area contributed by atoms with Gasteiger partial charge in [0.1, 0.15) is 18.1 Å². The lowest BCUT2D eigenvalue weighted by Gasteiger charge is -2.23. The standard InChI is InChI=1S/C34H31Cl2N3O6S2/c1-4-15-44-24-12-8-20(9-13-24)30(40)28-29(21-10-14-26(45-16-5-2)27(17-21)43-6-3)39(32(42)31(28)41)33-37-38-34(47-33)46-19-22-7-11-23(35)18-25(22)36/h5,7-14,17-18,29,40H,2,4,6,15-16,19H2,1,3H3. The summed E-state index contributed by atoms with van der Waals surface area (Å²) in [6.07, 6.45) is 2.45. The Bertz CT molecular complexity index is 1810. The van der Waals surface area contributed by atoms with Crippen molar-refractivity contribution < 1.29 is 28.9 Å². The molecule has 4 aromatic rings. The molecular weight excluding hydrogens is 681 g/mol. The maximum Gasteiger partial charge on any atom is 0.301 e. The lowest BCUT2D eigenvalue weighted by atomic mass is 9.95. The average molecular weight is 713 g/mol. The number of Topliss-reactive ketones (excluding diaryl/α,β-unsaturated/α-hetero) is 1. The Balaban J connectivity index is 1.56. The number of nitrogens with zero attached hydrogens (tertiary/aromatic N) is 3. The van der Waals surface area contributed by atoms with Crippen molar-refractivity contribution >= 4 is 68.9 Å². The van der Waals surface area contributed by atoms with Crippen molar-refractivity contribution in [1.82, 2.24) is 10.2 Å². The molecule has 47 heavy (non-hydrogen) atoms. The lowest BCUT2D eigenvalue weighted by Crippen LogP contribution is -2.29. The number of rotatable bonds is 14. The van der Waals surface area contributed by atoms with Gasteiger partial charge in [-0.3, -0.25) is 14.5 Å². The van der Waals surface area contributed by atoms with Crippen LogP contribution >= 0.6 is 46.3 Å². The number of aromatic nitrogens is 2. The molecule has 9 nitrogen and oxygen atoms in total. The number of carbonyl (C=O) groups excluding carboxylic acids is 2. The first-order chi connectivity index (χ1) is 22.7. The number of hydrogen-bond donors (Lipinski definition) is 1. The highest BCUT2D eigenvalue weighted by atomic mass is 35.5. The molecule has 1 aliphatic heterocycles. The fourth-order valence-corrected chi connectivity index (χ4v) is 7.22. The third-order valence-electron chi connectivity index (χ3n) is 6.95. The number of aliphatic hydroxyl groups excluding tert-OH is 1. The average Bonchev–Trinajstić information content (AvgIpc) is 3.64. The molecule has 1 fully saturated rings. The maximum absolute atomic E-state index is 13.7. The van der Waals surface area contributed by atoms with E-state index in [1.165, 1.54) is 16.7 Å². The minimum atomic E-state index is -1.05. The summed E-state index contributed by atoms with van der Waals surface area (Å²) in [4.78, 5) is 28.7. The van der Waals surface area contributed by atoms with Gasteiger partial charge in [-0.1, -0.05) is 78.0 Å². The third kappa shape index (κ3) is 7.76. The van der Waals surface area contributed by atoms with Crippen molar-refractivity contribution in [2.24, 2.45) is 0 Å². The topological polar surface area (TPSA) is 111 Å². The number of hydrogen-bond acceptors (Lipinski definition) is 10. The van der Waals surface area contributed by atoms with Crippen molar-refractivity contribution in [2.45, 2.75) is 36.4 Å². The van der Waals surface area contributed by atoms with Gasteiger partial charge in [-0.2, -0.15) is 0 Å². The Morgan fingerprint density at radius 3 is 2.51 bits per heavy atom. The molecule has 13 heteroatoms. The van der Waals surface area contributed by atoms with Crippen molar-refractivity contribution in [1.29, 1.82) is 0 Å².